The number of nitrogens with zero attached hydrogens (tertiary/aromatic N) is 2. The van der Waals surface area contributed by atoms with Crippen LogP contribution in [0.25, 0.3) is 0 Å². The van der Waals surface area contributed by atoms with E-state index in [0.717, 1.165) is 25.2 Å². The molecule has 1 saturated heterocycles. The molecule has 0 spiro atoms. The largest absolute Gasteiger partial charge is 0.480 e. The van der Waals surface area contributed by atoms with E-state index in [-0.39, 0.29) is 6.54 Å². The van der Waals surface area contributed by atoms with Crippen molar-refractivity contribution in [2.24, 2.45) is 0 Å². The fraction of sp³-hybridized carbons (Fsp3) is 0.562. The number of carbonyl (C=O) groups is 1. The van der Waals surface area contributed by atoms with Crippen LogP contribution < -0.4 is 4.90 Å². The molecule has 1 aliphatic rings. The van der Waals surface area contributed by atoms with Crippen LogP contribution in [-0.2, 0) is 4.79 Å². The third-order valence-corrected chi connectivity index (χ3v) is 4.42. The molecular weight excluding hydrogens is 288 g/mol. The van der Waals surface area contributed by atoms with Crippen molar-refractivity contribution < 1.29 is 9.90 Å². The van der Waals surface area contributed by atoms with Crippen LogP contribution >= 0.6 is 11.6 Å². The maximum Gasteiger partial charge on any atom is 0.323 e. The van der Waals surface area contributed by atoms with Gasteiger partial charge in [-0.05, 0) is 57.1 Å². The van der Waals surface area contributed by atoms with E-state index in [1.165, 1.54) is 19.3 Å². The van der Waals surface area contributed by atoms with E-state index in [9.17, 15) is 4.79 Å². The number of hydrogen-bond donors (Lipinski definition) is 1. The lowest BCUT2D eigenvalue weighted by Gasteiger charge is -2.34. The molecule has 0 radical (unpaired) electrons. The van der Waals surface area contributed by atoms with Gasteiger partial charge in [-0.1, -0.05) is 18.0 Å². The quantitative estimate of drug-likeness (QED) is 0.877. The fourth-order valence-corrected chi connectivity index (χ4v) is 3.05. The van der Waals surface area contributed by atoms with Crippen molar-refractivity contribution in [1.29, 1.82) is 0 Å². The van der Waals surface area contributed by atoms with E-state index >= 15 is 0 Å². The van der Waals surface area contributed by atoms with E-state index < -0.39 is 5.97 Å². The van der Waals surface area contributed by atoms with Crippen LogP contribution in [0.2, 0.25) is 5.02 Å². The molecule has 1 atom stereocenters. The van der Waals surface area contributed by atoms with Gasteiger partial charge in [-0.2, -0.15) is 0 Å². The Balaban J connectivity index is 1.99. The van der Waals surface area contributed by atoms with E-state index in [1.54, 1.807) is 12.1 Å². The van der Waals surface area contributed by atoms with Crippen molar-refractivity contribution in [1.82, 2.24) is 4.90 Å². The van der Waals surface area contributed by atoms with Gasteiger partial charge in [0.25, 0.3) is 0 Å². The van der Waals surface area contributed by atoms with E-state index in [2.05, 4.69) is 11.9 Å². The highest BCUT2D eigenvalue weighted by molar-refractivity contribution is 6.30. The Morgan fingerprint density at radius 3 is 2.71 bits per heavy atom. The van der Waals surface area contributed by atoms with Gasteiger partial charge in [-0.25, -0.2) is 0 Å². The highest BCUT2D eigenvalue weighted by Gasteiger charge is 2.20. The van der Waals surface area contributed by atoms with Gasteiger partial charge in [0, 0.05) is 23.3 Å². The number of hydrogen-bond acceptors (Lipinski definition) is 3. The van der Waals surface area contributed by atoms with Crippen LogP contribution in [0.4, 0.5) is 5.69 Å². The molecule has 1 fully saturated rings. The number of halogens is 1. The average Bonchev–Trinajstić information content (AvgIpc) is 2.45. The van der Waals surface area contributed by atoms with Gasteiger partial charge in [-0.3, -0.25) is 4.79 Å². The Kier molecular flexibility index (Phi) is 5.88. The second-order valence-electron chi connectivity index (χ2n) is 5.71. The summed E-state index contributed by atoms with van der Waals surface area (Å²) in [7, 11) is 2.16. The third kappa shape index (κ3) is 4.90. The smallest absolute Gasteiger partial charge is 0.323 e. The number of likely N-dealkylation sites (tertiary alicyclic amines) is 1. The van der Waals surface area contributed by atoms with Gasteiger partial charge in [0.15, 0.2) is 0 Å². The maximum atomic E-state index is 11.1. The molecular formula is C16H23ClN2O2. The molecule has 1 aromatic carbocycles. The van der Waals surface area contributed by atoms with Crippen molar-refractivity contribution in [2.45, 2.75) is 31.7 Å². The zero-order chi connectivity index (χ0) is 15.2. The van der Waals surface area contributed by atoms with Crippen molar-refractivity contribution in [3.8, 4) is 0 Å². The molecule has 2 rings (SSSR count). The summed E-state index contributed by atoms with van der Waals surface area (Å²) in [4.78, 5) is 15.4. The summed E-state index contributed by atoms with van der Waals surface area (Å²) in [6, 6.07) is 7.94. The Bertz CT molecular complexity index is 464. The highest BCUT2D eigenvalue weighted by atomic mass is 35.5. The first-order valence-electron chi connectivity index (χ1n) is 7.49. The molecule has 0 saturated carbocycles. The monoisotopic (exact) mass is 310 g/mol. The fourth-order valence-electron chi connectivity index (χ4n) is 2.93. The third-order valence-electron chi connectivity index (χ3n) is 4.17. The van der Waals surface area contributed by atoms with Crippen LogP contribution in [0.1, 0.15) is 25.7 Å². The second kappa shape index (κ2) is 7.66. The van der Waals surface area contributed by atoms with Crippen LogP contribution in [-0.4, -0.2) is 48.7 Å². The molecule has 1 aliphatic heterocycles. The first kappa shape index (κ1) is 16.1. The molecule has 21 heavy (non-hydrogen) atoms. The van der Waals surface area contributed by atoms with Crippen molar-refractivity contribution >= 4 is 23.3 Å². The van der Waals surface area contributed by atoms with E-state index in [4.69, 9.17) is 16.7 Å². The molecule has 0 bridgehead atoms. The highest BCUT2D eigenvalue weighted by Crippen LogP contribution is 2.21. The van der Waals surface area contributed by atoms with Gasteiger partial charge in [0.1, 0.15) is 6.54 Å². The number of aliphatic carboxylic acids is 1. The first-order chi connectivity index (χ1) is 10.1. The van der Waals surface area contributed by atoms with E-state index in [0.29, 0.717) is 11.1 Å². The number of anilines is 1. The second-order valence-corrected chi connectivity index (χ2v) is 6.15. The normalized spacial score (nSPS) is 19.4. The number of carboxylic acid groups (broad SMARTS) is 1. The molecule has 1 unspecified atom stereocenters. The predicted molar refractivity (Wildman–Crippen MR) is 86.2 cm³/mol. The number of benzene rings is 1. The Labute approximate surface area is 131 Å². The minimum atomic E-state index is -0.804. The number of rotatable bonds is 6. The van der Waals surface area contributed by atoms with Crippen molar-refractivity contribution in [3.05, 3.63) is 29.3 Å². The average molecular weight is 311 g/mol. The summed E-state index contributed by atoms with van der Waals surface area (Å²) in [5, 5.41) is 9.78. The molecule has 4 nitrogen and oxygen atoms in total. The summed E-state index contributed by atoms with van der Waals surface area (Å²) in [5.41, 5.74) is 0.917. The van der Waals surface area contributed by atoms with Gasteiger partial charge >= 0.3 is 5.97 Å². The molecule has 1 heterocycles. The van der Waals surface area contributed by atoms with Gasteiger partial charge in [0.05, 0.1) is 0 Å². The van der Waals surface area contributed by atoms with Crippen LogP contribution in [0, 0.1) is 0 Å². The summed E-state index contributed by atoms with van der Waals surface area (Å²) in [6.45, 7) is 1.92. The lowest BCUT2D eigenvalue weighted by Crippen LogP contribution is -2.40. The minimum Gasteiger partial charge on any atom is -0.480 e. The Morgan fingerprint density at radius 1 is 1.38 bits per heavy atom. The topological polar surface area (TPSA) is 43.8 Å². The maximum absolute atomic E-state index is 11.1. The number of carboxylic acids is 1. The van der Waals surface area contributed by atoms with Crippen molar-refractivity contribution in [2.75, 3.05) is 31.6 Å². The Hall–Kier alpha value is -1.26. The van der Waals surface area contributed by atoms with Gasteiger partial charge in [0.2, 0.25) is 0 Å². The lowest BCUT2D eigenvalue weighted by atomic mass is 10.00. The molecule has 0 aromatic heterocycles. The summed E-state index contributed by atoms with van der Waals surface area (Å²) in [5.74, 6) is -0.804. The molecule has 1 aromatic rings. The lowest BCUT2D eigenvalue weighted by molar-refractivity contribution is -0.135. The SMILES string of the molecule is CN1CCCCC1CCN(CC(=O)O)c1ccc(Cl)cc1. The molecule has 0 aliphatic carbocycles. The van der Waals surface area contributed by atoms with Crippen LogP contribution in [0.15, 0.2) is 24.3 Å². The predicted octanol–water partition coefficient (Wildman–Crippen LogP) is 3.11. The van der Waals surface area contributed by atoms with Crippen LogP contribution in [0.3, 0.4) is 0 Å². The first-order valence-corrected chi connectivity index (χ1v) is 7.86. The molecule has 1 N–H and O–H groups in total. The minimum absolute atomic E-state index is 0.0259. The zero-order valence-corrected chi connectivity index (χ0v) is 13.2. The van der Waals surface area contributed by atoms with Gasteiger partial charge in [-0.15, -0.1) is 0 Å². The Morgan fingerprint density at radius 2 is 2.10 bits per heavy atom. The van der Waals surface area contributed by atoms with Gasteiger partial charge < -0.3 is 14.9 Å². The molecule has 116 valence electrons. The zero-order valence-electron chi connectivity index (χ0n) is 12.5. The van der Waals surface area contributed by atoms with E-state index in [1.807, 2.05) is 17.0 Å². The summed E-state index contributed by atoms with van der Waals surface area (Å²) >= 11 is 5.90. The summed E-state index contributed by atoms with van der Waals surface area (Å²) in [6.07, 6.45) is 4.74. The summed E-state index contributed by atoms with van der Waals surface area (Å²) < 4.78 is 0. The molecule has 0 amide bonds. The van der Waals surface area contributed by atoms with Crippen LogP contribution in [0.5, 0.6) is 0 Å². The van der Waals surface area contributed by atoms with Crippen molar-refractivity contribution in [3.63, 3.8) is 0 Å². The number of piperidine rings is 1. The molecule has 5 heteroatoms. The standard InChI is InChI=1S/C16H23ClN2O2/c1-18-10-3-2-4-14(18)9-11-19(12-16(20)21)15-7-5-13(17)6-8-15/h5-8,14H,2-4,9-12H2,1H3,(H,20,21).